The smallest absolute Gasteiger partial charge is 0.347 e. The average Bonchev–Trinajstić information content (AvgIpc) is 2.02. The highest BCUT2D eigenvalue weighted by molar-refractivity contribution is 5.75. The molecule has 1 unspecified atom stereocenters. The van der Waals surface area contributed by atoms with E-state index in [-0.39, 0.29) is 0 Å². The van der Waals surface area contributed by atoms with Crippen molar-refractivity contribution >= 4 is 5.97 Å². The van der Waals surface area contributed by atoms with Crippen LogP contribution >= 0.6 is 0 Å². The van der Waals surface area contributed by atoms with E-state index in [4.69, 9.17) is 10.8 Å². The van der Waals surface area contributed by atoms with Crippen LogP contribution in [0.25, 0.3) is 0 Å². The molecule has 4 N–H and O–H groups in total. The molecule has 8 nitrogen and oxygen atoms in total. The molecule has 0 amide bonds. The van der Waals surface area contributed by atoms with E-state index >= 15 is 0 Å². The lowest BCUT2D eigenvalue weighted by Crippen LogP contribution is -2.54. The SMILES string of the molecule is CC(N)(C(=O)O)n1ncc(=O)[nH]c1=O. The van der Waals surface area contributed by atoms with Crippen LogP contribution in [0.15, 0.2) is 15.8 Å². The Kier molecular flexibility index (Phi) is 2.22. The Morgan fingerprint density at radius 1 is 1.71 bits per heavy atom. The number of aromatic amines is 1. The molecule has 1 atom stereocenters. The Hall–Kier alpha value is -1.96. The molecule has 0 fully saturated rings. The zero-order valence-corrected chi connectivity index (χ0v) is 7.22. The highest BCUT2D eigenvalue weighted by Crippen LogP contribution is 2.01. The fourth-order valence-corrected chi connectivity index (χ4v) is 0.775. The molecule has 0 aliphatic carbocycles. The summed E-state index contributed by atoms with van der Waals surface area (Å²) in [5.41, 5.74) is 1.64. The standard InChI is InChI=1S/C6H8N4O4/c1-6(7,4(12)13)10-5(14)9-3(11)2-8-10/h2H,7H2,1H3,(H,12,13)(H,9,11,14). The van der Waals surface area contributed by atoms with Crippen LogP contribution in [0, 0.1) is 0 Å². The molecule has 0 saturated heterocycles. The summed E-state index contributed by atoms with van der Waals surface area (Å²) in [6.07, 6.45) is 0.773. The minimum Gasteiger partial charge on any atom is -0.478 e. The molecule has 0 saturated carbocycles. The Morgan fingerprint density at radius 2 is 2.29 bits per heavy atom. The van der Waals surface area contributed by atoms with Crippen molar-refractivity contribution in [2.45, 2.75) is 12.6 Å². The Bertz CT molecular complexity index is 471. The van der Waals surface area contributed by atoms with Crippen molar-refractivity contribution in [1.29, 1.82) is 0 Å². The second-order valence-corrected chi connectivity index (χ2v) is 2.80. The summed E-state index contributed by atoms with van der Waals surface area (Å²) >= 11 is 0. The van der Waals surface area contributed by atoms with Gasteiger partial charge in [-0.25, -0.2) is 9.59 Å². The monoisotopic (exact) mass is 200 g/mol. The number of nitrogens with one attached hydrogen (secondary N) is 1. The highest BCUT2D eigenvalue weighted by Gasteiger charge is 2.32. The number of hydrogen-bond acceptors (Lipinski definition) is 5. The Labute approximate surface area is 77.0 Å². The van der Waals surface area contributed by atoms with Crippen LogP contribution < -0.4 is 17.0 Å². The first-order valence-corrected chi connectivity index (χ1v) is 3.57. The van der Waals surface area contributed by atoms with Gasteiger partial charge in [-0.2, -0.15) is 9.78 Å². The summed E-state index contributed by atoms with van der Waals surface area (Å²) in [7, 11) is 0. The second-order valence-electron chi connectivity index (χ2n) is 2.80. The van der Waals surface area contributed by atoms with E-state index in [0.717, 1.165) is 13.1 Å². The molecule has 1 aromatic rings. The molecule has 0 aliphatic heterocycles. The summed E-state index contributed by atoms with van der Waals surface area (Å²) in [5.74, 6) is -1.43. The van der Waals surface area contributed by atoms with Crippen molar-refractivity contribution < 1.29 is 9.90 Å². The molecule has 0 bridgehead atoms. The Morgan fingerprint density at radius 3 is 2.71 bits per heavy atom. The van der Waals surface area contributed by atoms with E-state index in [1.807, 2.05) is 4.98 Å². The first kappa shape index (κ1) is 10.1. The summed E-state index contributed by atoms with van der Waals surface area (Å²) in [5, 5.41) is 12.0. The number of H-pyrrole nitrogens is 1. The molecule has 8 heteroatoms. The topological polar surface area (TPSA) is 131 Å². The maximum atomic E-state index is 11.1. The van der Waals surface area contributed by atoms with Crippen LogP contribution in [0.2, 0.25) is 0 Å². The lowest BCUT2D eigenvalue weighted by Gasteiger charge is -2.19. The molecule has 1 rings (SSSR count). The summed E-state index contributed by atoms with van der Waals surface area (Å²) in [4.78, 5) is 34.2. The third-order valence-electron chi connectivity index (χ3n) is 1.59. The van der Waals surface area contributed by atoms with E-state index in [1.54, 1.807) is 0 Å². The molecule has 0 aromatic carbocycles. The van der Waals surface area contributed by atoms with Gasteiger partial charge in [-0.3, -0.25) is 15.5 Å². The van der Waals surface area contributed by atoms with Gasteiger partial charge in [0, 0.05) is 0 Å². The van der Waals surface area contributed by atoms with Gasteiger partial charge in [0.15, 0.2) is 0 Å². The highest BCUT2D eigenvalue weighted by atomic mass is 16.4. The zero-order valence-electron chi connectivity index (χ0n) is 7.22. The van der Waals surface area contributed by atoms with Crippen molar-refractivity contribution in [2.75, 3.05) is 0 Å². The van der Waals surface area contributed by atoms with Gasteiger partial charge in [0.25, 0.3) is 5.56 Å². The predicted molar refractivity (Wildman–Crippen MR) is 44.6 cm³/mol. The minimum absolute atomic E-state index is 0.483. The molecule has 76 valence electrons. The number of nitrogens with zero attached hydrogens (tertiary/aromatic N) is 2. The number of aliphatic carboxylic acids is 1. The maximum Gasteiger partial charge on any atom is 0.347 e. The van der Waals surface area contributed by atoms with Crippen molar-refractivity contribution in [3.63, 3.8) is 0 Å². The van der Waals surface area contributed by atoms with E-state index < -0.39 is 22.9 Å². The quantitative estimate of drug-likeness (QED) is 0.489. The van der Waals surface area contributed by atoms with Crippen molar-refractivity contribution in [3.8, 4) is 0 Å². The predicted octanol–water partition coefficient (Wildman–Crippen LogP) is -2.35. The zero-order chi connectivity index (χ0) is 10.9. The van der Waals surface area contributed by atoms with Crippen LogP contribution in [-0.4, -0.2) is 25.8 Å². The minimum atomic E-state index is -1.98. The van der Waals surface area contributed by atoms with E-state index in [0.29, 0.717) is 4.68 Å². The molecule has 0 radical (unpaired) electrons. The van der Waals surface area contributed by atoms with Crippen LogP contribution in [-0.2, 0) is 10.5 Å². The van der Waals surface area contributed by atoms with Gasteiger partial charge in [0.1, 0.15) is 6.20 Å². The number of aromatic nitrogens is 3. The number of carboxylic acids is 1. The van der Waals surface area contributed by atoms with Gasteiger partial charge < -0.3 is 5.11 Å². The van der Waals surface area contributed by atoms with E-state index in [2.05, 4.69) is 5.10 Å². The molecule has 0 spiro atoms. The number of rotatable bonds is 2. The average molecular weight is 200 g/mol. The largest absolute Gasteiger partial charge is 0.478 e. The number of carboxylic acid groups (broad SMARTS) is 1. The third-order valence-corrected chi connectivity index (χ3v) is 1.59. The second kappa shape index (κ2) is 3.07. The van der Waals surface area contributed by atoms with Crippen molar-refractivity contribution in [3.05, 3.63) is 27.0 Å². The summed E-state index contributed by atoms with van der Waals surface area (Å²) < 4.78 is 0.483. The van der Waals surface area contributed by atoms with Crippen LogP contribution in [0.1, 0.15) is 6.92 Å². The van der Waals surface area contributed by atoms with Crippen molar-refractivity contribution in [2.24, 2.45) is 5.73 Å². The molecular weight excluding hydrogens is 192 g/mol. The van der Waals surface area contributed by atoms with Crippen LogP contribution in [0.5, 0.6) is 0 Å². The fourth-order valence-electron chi connectivity index (χ4n) is 0.775. The molecule has 14 heavy (non-hydrogen) atoms. The fraction of sp³-hybridized carbons (Fsp3) is 0.333. The number of nitrogens with two attached hydrogens (primary N) is 1. The maximum absolute atomic E-state index is 11.1. The third kappa shape index (κ3) is 1.55. The lowest BCUT2D eigenvalue weighted by molar-refractivity contribution is -0.147. The van der Waals surface area contributed by atoms with Gasteiger partial charge in [-0.15, -0.1) is 0 Å². The summed E-state index contributed by atoms with van der Waals surface area (Å²) in [6, 6.07) is 0. The van der Waals surface area contributed by atoms with E-state index in [9.17, 15) is 14.4 Å². The van der Waals surface area contributed by atoms with Gasteiger partial charge in [-0.1, -0.05) is 0 Å². The van der Waals surface area contributed by atoms with E-state index in [1.165, 1.54) is 0 Å². The number of carbonyl (C=O) groups is 1. The first-order valence-electron chi connectivity index (χ1n) is 3.57. The normalized spacial score (nSPS) is 14.7. The molecule has 1 aromatic heterocycles. The van der Waals surface area contributed by atoms with Crippen LogP contribution in [0.4, 0.5) is 0 Å². The summed E-state index contributed by atoms with van der Waals surface area (Å²) in [6.45, 7) is 1.09. The van der Waals surface area contributed by atoms with Gasteiger partial charge in [0.05, 0.1) is 0 Å². The molecule has 0 aliphatic rings. The van der Waals surface area contributed by atoms with Crippen LogP contribution in [0.3, 0.4) is 0 Å². The van der Waals surface area contributed by atoms with Gasteiger partial charge in [-0.05, 0) is 6.92 Å². The Balaban J connectivity index is 3.41. The van der Waals surface area contributed by atoms with Gasteiger partial charge in [0.2, 0.25) is 5.66 Å². The molecule has 1 heterocycles. The first-order chi connectivity index (χ1) is 6.35. The number of hydrogen-bond donors (Lipinski definition) is 3. The molecular formula is C6H8N4O4. The lowest BCUT2D eigenvalue weighted by atomic mass is 10.2. The van der Waals surface area contributed by atoms with Gasteiger partial charge >= 0.3 is 11.7 Å². The van der Waals surface area contributed by atoms with Crippen molar-refractivity contribution in [1.82, 2.24) is 14.8 Å².